The maximum Gasteiger partial charge on any atom is 0.310 e. The van der Waals surface area contributed by atoms with Crippen molar-refractivity contribution in [3.8, 4) is 0 Å². The summed E-state index contributed by atoms with van der Waals surface area (Å²) in [5.74, 6) is 0.0946. The molecule has 17 heavy (non-hydrogen) atoms. The molecule has 1 heterocycles. The topological polar surface area (TPSA) is 38.3 Å². The van der Waals surface area contributed by atoms with Crippen LogP contribution >= 0.6 is 0 Å². The summed E-state index contributed by atoms with van der Waals surface area (Å²) in [5.41, 5.74) is 2.62. The zero-order valence-electron chi connectivity index (χ0n) is 10.4. The lowest BCUT2D eigenvalue weighted by Gasteiger charge is -2.19. The first-order valence-electron chi connectivity index (χ1n) is 6.14. The molecule has 0 saturated carbocycles. The Morgan fingerprint density at radius 1 is 1.41 bits per heavy atom. The Bertz CT molecular complexity index is 403. The third kappa shape index (κ3) is 2.34. The van der Waals surface area contributed by atoms with E-state index in [1.54, 1.807) is 0 Å². The maximum absolute atomic E-state index is 11.7. The summed E-state index contributed by atoms with van der Waals surface area (Å²) < 4.78 is 4.88. The predicted molar refractivity (Wildman–Crippen MR) is 66.9 cm³/mol. The number of benzene rings is 1. The van der Waals surface area contributed by atoms with Gasteiger partial charge in [0.2, 0.25) is 0 Å². The highest BCUT2D eigenvalue weighted by Gasteiger charge is 2.35. The van der Waals surface area contributed by atoms with E-state index in [0.29, 0.717) is 0 Å². The van der Waals surface area contributed by atoms with Crippen LogP contribution in [0.1, 0.15) is 24.0 Å². The molecule has 2 rings (SSSR count). The van der Waals surface area contributed by atoms with E-state index in [0.717, 1.165) is 19.5 Å². The second-order valence-electron chi connectivity index (χ2n) is 4.45. The smallest absolute Gasteiger partial charge is 0.310 e. The number of hydrogen-bond acceptors (Lipinski definition) is 3. The molecule has 0 spiro atoms. The van der Waals surface area contributed by atoms with E-state index < -0.39 is 0 Å². The van der Waals surface area contributed by atoms with Gasteiger partial charge in [-0.25, -0.2) is 0 Å². The van der Waals surface area contributed by atoms with Crippen molar-refractivity contribution in [2.24, 2.45) is 5.92 Å². The molecule has 0 bridgehead atoms. The van der Waals surface area contributed by atoms with Crippen LogP contribution in [0.15, 0.2) is 24.3 Å². The minimum absolute atomic E-state index is 0.0484. The Kier molecular flexibility index (Phi) is 3.79. The molecule has 2 atom stereocenters. The number of carbonyl (C=O) groups is 1. The summed E-state index contributed by atoms with van der Waals surface area (Å²) in [6, 6.07) is 8.37. The highest BCUT2D eigenvalue weighted by molar-refractivity contribution is 5.74. The summed E-state index contributed by atoms with van der Waals surface area (Å²) in [5, 5.41) is 3.29. The van der Waals surface area contributed by atoms with Gasteiger partial charge in [-0.05, 0) is 17.5 Å². The molecule has 3 heteroatoms. The monoisotopic (exact) mass is 233 g/mol. The lowest BCUT2D eigenvalue weighted by molar-refractivity contribution is -0.145. The molecule has 1 fully saturated rings. The van der Waals surface area contributed by atoms with Gasteiger partial charge in [-0.3, -0.25) is 4.79 Å². The van der Waals surface area contributed by atoms with Crippen molar-refractivity contribution < 1.29 is 9.53 Å². The van der Waals surface area contributed by atoms with Crippen molar-refractivity contribution in [3.05, 3.63) is 35.4 Å². The number of aryl methyl sites for hydroxylation is 1. The van der Waals surface area contributed by atoms with Gasteiger partial charge in [0.25, 0.3) is 0 Å². The molecule has 0 aliphatic carbocycles. The number of ether oxygens (including phenoxy) is 1. The summed E-state index contributed by atoms with van der Waals surface area (Å²) in [6.07, 6.45) is 1.00. The van der Waals surface area contributed by atoms with E-state index in [-0.39, 0.29) is 17.8 Å². The van der Waals surface area contributed by atoms with Crippen LogP contribution in [0, 0.1) is 5.92 Å². The number of methoxy groups -OCH3 is 1. The Labute approximate surface area is 102 Å². The minimum atomic E-state index is -0.106. The summed E-state index contributed by atoms with van der Waals surface area (Å²) in [4.78, 5) is 11.7. The van der Waals surface area contributed by atoms with Gasteiger partial charge in [0.05, 0.1) is 13.0 Å². The van der Waals surface area contributed by atoms with Gasteiger partial charge in [-0.2, -0.15) is 0 Å². The Morgan fingerprint density at radius 3 is 2.88 bits per heavy atom. The molecule has 0 radical (unpaired) electrons. The molecule has 0 aromatic heterocycles. The first kappa shape index (κ1) is 12.1. The third-order valence-electron chi connectivity index (χ3n) is 3.55. The lowest BCUT2D eigenvalue weighted by atomic mass is 9.85. The van der Waals surface area contributed by atoms with Crippen LogP contribution in [0.2, 0.25) is 0 Å². The van der Waals surface area contributed by atoms with Crippen molar-refractivity contribution in [3.63, 3.8) is 0 Å². The van der Waals surface area contributed by atoms with Crippen LogP contribution in [-0.4, -0.2) is 26.2 Å². The number of esters is 1. The second kappa shape index (κ2) is 5.32. The largest absolute Gasteiger partial charge is 0.469 e. The summed E-state index contributed by atoms with van der Waals surface area (Å²) in [6.45, 7) is 3.72. The van der Waals surface area contributed by atoms with Crippen molar-refractivity contribution >= 4 is 5.97 Å². The quantitative estimate of drug-likeness (QED) is 0.808. The third-order valence-corrected chi connectivity index (χ3v) is 3.55. The fourth-order valence-corrected chi connectivity index (χ4v) is 2.62. The van der Waals surface area contributed by atoms with Gasteiger partial charge >= 0.3 is 5.97 Å². The molecular formula is C14H19NO2. The Morgan fingerprint density at radius 2 is 2.18 bits per heavy atom. The molecule has 1 aromatic carbocycles. The van der Waals surface area contributed by atoms with Gasteiger partial charge in [0.15, 0.2) is 0 Å². The second-order valence-corrected chi connectivity index (χ2v) is 4.45. The van der Waals surface area contributed by atoms with E-state index in [4.69, 9.17) is 4.74 Å². The van der Waals surface area contributed by atoms with Crippen LogP contribution in [0.25, 0.3) is 0 Å². The van der Waals surface area contributed by atoms with E-state index in [1.807, 2.05) is 6.07 Å². The van der Waals surface area contributed by atoms with E-state index in [9.17, 15) is 4.79 Å². The normalized spacial score (nSPS) is 23.6. The fraction of sp³-hybridized carbons (Fsp3) is 0.500. The lowest BCUT2D eigenvalue weighted by Crippen LogP contribution is -2.23. The van der Waals surface area contributed by atoms with E-state index in [2.05, 4.69) is 30.4 Å². The minimum Gasteiger partial charge on any atom is -0.469 e. The molecule has 1 saturated heterocycles. The standard InChI is InChI=1S/C14H19NO2/c1-3-10-6-4-5-7-11(10)12-8-15-9-13(12)14(16)17-2/h4-7,12-13,15H,3,8-9H2,1-2H3/t12-,13+/m0/s1. The van der Waals surface area contributed by atoms with E-state index >= 15 is 0 Å². The molecule has 1 aliphatic heterocycles. The van der Waals surface area contributed by atoms with Crippen molar-refractivity contribution in [2.75, 3.05) is 20.2 Å². The molecule has 0 amide bonds. The Hall–Kier alpha value is -1.35. The van der Waals surface area contributed by atoms with Crippen LogP contribution in [-0.2, 0) is 16.0 Å². The first-order chi connectivity index (χ1) is 8.27. The molecular weight excluding hydrogens is 214 g/mol. The van der Waals surface area contributed by atoms with Crippen LogP contribution in [0.3, 0.4) is 0 Å². The van der Waals surface area contributed by atoms with Crippen LogP contribution in [0.5, 0.6) is 0 Å². The highest BCUT2D eigenvalue weighted by atomic mass is 16.5. The molecule has 3 nitrogen and oxygen atoms in total. The van der Waals surface area contributed by atoms with Crippen LogP contribution < -0.4 is 5.32 Å². The number of rotatable bonds is 3. The maximum atomic E-state index is 11.7. The SMILES string of the molecule is CCc1ccccc1[C@@H]1CNC[C@H]1C(=O)OC. The number of carbonyl (C=O) groups excluding carboxylic acids is 1. The average Bonchev–Trinajstić information content (AvgIpc) is 2.86. The van der Waals surface area contributed by atoms with Crippen molar-refractivity contribution in [1.82, 2.24) is 5.32 Å². The van der Waals surface area contributed by atoms with Gasteiger partial charge in [-0.1, -0.05) is 31.2 Å². The van der Waals surface area contributed by atoms with Gasteiger partial charge in [0.1, 0.15) is 0 Å². The zero-order chi connectivity index (χ0) is 12.3. The molecule has 1 aliphatic rings. The van der Waals surface area contributed by atoms with Crippen molar-refractivity contribution in [1.29, 1.82) is 0 Å². The predicted octanol–water partition coefficient (Wildman–Crippen LogP) is 1.73. The molecule has 92 valence electrons. The fourth-order valence-electron chi connectivity index (χ4n) is 2.62. The van der Waals surface area contributed by atoms with E-state index in [1.165, 1.54) is 18.2 Å². The summed E-state index contributed by atoms with van der Waals surface area (Å²) >= 11 is 0. The van der Waals surface area contributed by atoms with Gasteiger partial charge in [0, 0.05) is 19.0 Å². The average molecular weight is 233 g/mol. The molecule has 1 aromatic rings. The summed E-state index contributed by atoms with van der Waals surface area (Å²) in [7, 11) is 1.46. The Balaban J connectivity index is 2.29. The van der Waals surface area contributed by atoms with Crippen LogP contribution in [0.4, 0.5) is 0 Å². The van der Waals surface area contributed by atoms with Gasteiger partial charge in [-0.15, -0.1) is 0 Å². The van der Waals surface area contributed by atoms with Crippen molar-refractivity contribution in [2.45, 2.75) is 19.3 Å². The highest BCUT2D eigenvalue weighted by Crippen LogP contribution is 2.31. The number of hydrogen-bond donors (Lipinski definition) is 1. The van der Waals surface area contributed by atoms with Gasteiger partial charge < -0.3 is 10.1 Å². The molecule has 0 unspecified atom stereocenters. The molecule has 1 N–H and O–H groups in total. The zero-order valence-corrected chi connectivity index (χ0v) is 10.4. The first-order valence-corrected chi connectivity index (χ1v) is 6.14. The number of nitrogens with one attached hydrogen (secondary N) is 1.